The molecule has 0 unspecified atom stereocenters. The average Bonchev–Trinajstić information content (AvgIpc) is 2.62. The van der Waals surface area contributed by atoms with Crippen LogP contribution < -0.4 is 10.6 Å². The molecule has 1 aromatic rings. The third-order valence-electron chi connectivity index (χ3n) is 2.82. The third-order valence-corrected chi connectivity index (χ3v) is 2.82. The minimum absolute atomic E-state index is 0.0679. The molecule has 0 aliphatic carbocycles. The van der Waals surface area contributed by atoms with Crippen molar-refractivity contribution in [2.24, 2.45) is 0 Å². The molecule has 0 aliphatic rings. The van der Waals surface area contributed by atoms with Crippen molar-refractivity contribution < 1.29 is 4.79 Å². The minimum Gasteiger partial charge on any atom is -0.311 e. The number of hydrogen-bond acceptors (Lipinski definition) is 3. The van der Waals surface area contributed by atoms with E-state index in [1.54, 1.807) is 7.05 Å². The second kappa shape index (κ2) is 6.39. The van der Waals surface area contributed by atoms with E-state index in [9.17, 15) is 4.79 Å². The van der Waals surface area contributed by atoms with E-state index < -0.39 is 0 Å². The number of carbonyl (C=O) groups excluding carboxylic acids is 1. The molecule has 0 spiro atoms. The Morgan fingerprint density at radius 1 is 1.47 bits per heavy atom. The highest BCUT2D eigenvalue weighted by atomic mass is 16.2. The molecule has 96 valence electrons. The van der Waals surface area contributed by atoms with Gasteiger partial charge in [0, 0.05) is 11.8 Å². The van der Waals surface area contributed by atoms with Crippen molar-refractivity contribution in [1.82, 2.24) is 15.1 Å². The molecule has 1 rings (SSSR count). The fourth-order valence-electron chi connectivity index (χ4n) is 1.90. The van der Waals surface area contributed by atoms with Crippen LogP contribution in [0.1, 0.15) is 38.4 Å². The lowest BCUT2D eigenvalue weighted by Gasteiger charge is -2.14. The van der Waals surface area contributed by atoms with Gasteiger partial charge < -0.3 is 10.6 Å². The molecule has 0 saturated carbocycles. The second-order valence-corrected chi connectivity index (χ2v) is 4.16. The number of rotatable bonds is 6. The second-order valence-electron chi connectivity index (χ2n) is 4.16. The highest BCUT2D eigenvalue weighted by Crippen LogP contribution is 2.19. The number of carbonyl (C=O) groups is 1. The van der Waals surface area contributed by atoms with Crippen LogP contribution in [-0.2, 0) is 4.79 Å². The Balaban J connectivity index is 2.77. The number of aromatic nitrogens is 2. The van der Waals surface area contributed by atoms with E-state index >= 15 is 0 Å². The molecule has 0 aromatic carbocycles. The number of nitrogens with zero attached hydrogens (tertiary/aromatic N) is 2. The van der Waals surface area contributed by atoms with Crippen LogP contribution in [-0.4, -0.2) is 29.3 Å². The average molecular weight is 238 g/mol. The van der Waals surface area contributed by atoms with E-state index in [0.717, 1.165) is 18.5 Å². The predicted octanol–water partition coefficient (Wildman–Crippen LogP) is 1.71. The van der Waals surface area contributed by atoms with Crippen molar-refractivity contribution in [2.45, 2.75) is 39.7 Å². The summed E-state index contributed by atoms with van der Waals surface area (Å²) in [6.45, 7) is 6.61. The highest BCUT2D eigenvalue weighted by molar-refractivity contribution is 5.91. The van der Waals surface area contributed by atoms with E-state index in [4.69, 9.17) is 0 Å². The van der Waals surface area contributed by atoms with E-state index in [0.29, 0.717) is 18.4 Å². The zero-order valence-electron chi connectivity index (χ0n) is 11.1. The van der Waals surface area contributed by atoms with Gasteiger partial charge in [-0.05, 0) is 26.8 Å². The van der Waals surface area contributed by atoms with Crippen molar-refractivity contribution in [1.29, 1.82) is 0 Å². The van der Waals surface area contributed by atoms with Crippen LogP contribution >= 0.6 is 0 Å². The van der Waals surface area contributed by atoms with Gasteiger partial charge >= 0.3 is 0 Å². The zero-order chi connectivity index (χ0) is 12.8. The van der Waals surface area contributed by atoms with Gasteiger partial charge in [0.15, 0.2) is 5.82 Å². The van der Waals surface area contributed by atoms with Crippen LogP contribution in [0.2, 0.25) is 0 Å². The number of anilines is 1. The standard InChI is InChI=1S/C12H22N4O/c1-5-10(6-2)16-9(3)7-11(15-16)14-12(17)8-13-4/h7,10,13H,5-6,8H2,1-4H3,(H,14,15,17). The first kappa shape index (κ1) is 13.7. The zero-order valence-corrected chi connectivity index (χ0v) is 11.1. The number of aryl methyl sites for hydroxylation is 1. The highest BCUT2D eigenvalue weighted by Gasteiger charge is 2.12. The maximum absolute atomic E-state index is 11.4. The van der Waals surface area contributed by atoms with Crippen molar-refractivity contribution in [2.75, 3.05) is 18.9 Å². The number of amides is 1. The quantitative estimate of drug-likeness (QED) is 0.793. The Kier molecular flexibility index (Phi) is 5.15. The first-order chi connectivity index (χ1) is 8.12. The smallest absolute Gasteiger partial charge is 0.239 e. The van der Waals surface area contributed by atoms with E-state index in [2.05, 4.69) is 29.6 Å². The molecule has 1 heterocycles. The summed E-state index contributed by atoms with van der Waals surface area (Å²) in [6, 6.07) is 2.32. The SMILES string of the molecule is CCC(CC)n1nc(NC(=O)CNC)cc1C. The largest absolute Gasteiger partial charge is 0.311 e. The molecule has 1 amide bonds. The van der Waals surface area contributed by atoms with Crippen molar-refractivity contribution in [3.05, 3.63) is 11.8 Å². The molecular formula is C12H22N4O. The Hall–Kier alpha value is -1.36. The van der Waals surface area contributed by atoms with E-state index in [1.165, 1.54) is 0 Å². The lowest BCUT2D eigenvalue weighted by Crippen LogP contribution is -2.25. The first-order valence-corrected chi connectivity index (χ1v) is 6.12. The fraction of sp³-hybridized carbons (Fsp3) is 0.667. The van der Waals surface area contributed by atoms with Crippen LogP contribution in [0.3, 0.4) is 0 Å². The Morgan fingerprint density at radius 2 is 2.12 bits per heavy atom. The van der Waals surface area contributed by atoms with E-state index in [1.807, 2.05) is 17.7 Å². The normalized spacial score (nSPS) is 10.9. The van der Waals surface area contributed by atoms with E-state index in [-0.39, 0.29) is 5.91 Å². The van der Waals surface area contributed by atoms with Gasteiger partial charge in [-0.2, -0.15) is 5.10 Å². The Morgan fingerprint density at radius 3 is 2.65 bits per heavy atom. The van der Waals surface area contributed by atoms with Crippen molar-refractivity contribution in [3.63, 3.8) is 0 Å². The summed E-state index contributed by atoms with van der Waals surface area (Å²) in [5, 5.41) is 10.0. The van der Waals surface area contributed by atoms with Gasteiger partial charge in [-0.1, -0.05) is 13.8 Å². The molecule has 0 saturated heterocycles. The molecule has 0 atom stereocenters. The lowest BCUT2D eigenvalue weighted by molar-refractivity contribution is -0.115. The number of hydrogen-bond donors (Lipinski definition) is 2. The monoisotopic (exact) mass is 238 g/mol. The number of nitrogens with one attached hydrogen (secondary N) is 2. The molecule has 5 nitrogen and oxygen atoms in total. The summed E-state index contributed by atoms with van der Waals surface area (Å²) < 4.78 is 2.00. The molecule has 1 aromatic heterocycles. The van der Waals surface area contributed by atoms with Crippen LogP contribution in [0.25, 0.3) is 0 Å². The first-order valence-electron chi connectivity index (χ1n) is 6.12. The third kappa shape index (κ3) is 3.56. The summed E-state index contributed by atoms with van der Waals surface area (Å²) in [6.07, 6.45) is 2.09. The van der Waals surface area contributed by atoms with Gasteiger partial charge in [0.25, 0.3) is 0 Å². The lowest BCUT2D eigenvalue weighted by atomic mass is 10.2. The van der Waals surface area contributed by atoms with Gasteiger partial charge in [0.05, 0.1) is 12.6 Å². The molecule has 2 N–H and O–H groups in total. The van der Waals surface area contributed by atoms with Crippen LogP contribution in [0.5, 0.6) is 0 Å². The van der Waals surface area contributed by atoms with Crippen molar-refractivity contribution >= 4 is 11.7 Å². The molecule has 0 radical (unpaired) electrons. The predicted molar refractivity (Wildman–Crippen MR) is 69.1 cm³/mol. The number of likely N-dealkylation sites (N-methyl/N-ethyl adjacent to an activating group) is 1. The van der Waals surface area contributed by atoms with Gasteiger partial charge in [-0.25, -0.2) is 0 Å². The summed E-state index contributed by atoms with van der Waals surface area (Å²) in [5.74, 6) is 0.566. The maximum atomic E-state index is 11.4. The van der Waals surface area contributed by atoms with Crippen LogP contribution in [0, 0.1) is 6.92 Å². The van der Waals surface area contributed by atoms with Gasteiger partial charge in [-0.15, -0.1) is 0 Å². The molecule has 17 heavy (non-hydrogen) atoms. The minimum atomic E-state index is -0.0679. The van der Waals surface area contributed by atoms with Crippen LogP contribution in [0.15, 0.2) is 6.07 Å². The maximum Gasteiger partial charge on any atom is 0.239 e. The molecular weight excluding hydrogens is 216 g/mol. The Labute approximate surface area is 103 Å². The molecule has 0 aliphatic heterocycles. The fourth-order valence-corrected chi connectivity index (χ4v) is 1.90. The van der Waals surface area contributed by atoms with Crippen LogP contribution in [0.4, 0.5) is 5.82 Å². The topological polar surface area (TPSA) is 59.0 Å². The summed E-state index contributed by atoms with van der Waals surface area (Å²) >= 11 is 0. The molecule has 5 heteroatoms. The van der Waals surface area contributed by atoms with Crippen molar-refractivity contribution in [3.8, 4) is 0 Å². The van der Waals surface area contributed by atoms with Gasteiger partial charge in [0.1, 0.15) is 0 Å². The van der Waals surface area contributed by atoms with Gasteiger partial charge in [-0.3, -0.25) is 9.48 Å². The summed E-state index contributed by atoms with van der Waals surface area (Å²) in [7, 11) is 1.74. The van der Waals surface area contributed by atoms with Gasteiger partial charge in [0.2, 0.25) is 5.91 Å². The summed E-state index contributed by atoms with van der Waals surface area (Å²) in [4.78, 5) is 11.4. The molecule has 0 bridgehead atoms. The Bertz CT molecular complexity index is 369. The summed E-state index contributed by atoms with van der Waals surface area (Å²) in [5.41, 5.74) is 1.08. The molecule has 0 fully saturated rings.